The molecule has 0 radical (unpaired) electrons. The first-order chi connectivity index (χ1) is 13.9. The van der Waals surface area contributed by atoms with E-state index in [2.05, 4.69) is 123 Å². The molecule has 4 rings (SSSR count). The summed E-state index contributed by atoms with van der Waals surface area (Å²) in [7, 11) is -1.05. The van der Waals surface area contributed by atoms with Crippen LogP contribution in [0, 0.1) is 13.8 Å². The Kier molecular flexibility index (Phi) is 5.34. The molecule has 0 amide bonds. The number of rotatable bonds is 4. The highest BCUT2D eigenvalue weighted by Crippen LogP contribution is 2.56. The van der Waals surface area contributed by atoms with E-state index in [0.717, 1.165) is 0 Å². The summed E-state index contributed by atoms with van der Waals surface area (Å²) in [5.41, 5.74) is 7.72. The molecule has 0 saturated carbocycles. The van der Waals surface area contributed by atoms with Crippen LogP contribution in [0.2, 0.25) is 0 Å². The Morgan fingerprint density at radius 2 is 0.828 bits per heavy atom. The lowest BCUT2D eigenvalue weighted by Gasteiger charge is -2.32. The number of hydrogen-bond donors (Lipinski definition) is 0. The smallest absolute Gasteiger partial charge is 0.00637 e. The highest BCUT2D eigenvalue weighted by molar-refractivity contribution is 8.32. The molecule has 0 aromatic heterocycles. The van der Waals surface area contributed by atoms with Crippen molar-refractivity contribution in [2.75, 3.05) is 12.5 Å². The fourth-order valence-corrected chi connectivity index (χ4v) is 5.67. The highest BCUT2D eigenvalue weighted by atomic mass is 32.3. The average Bonchev–Trinajstić information content (AvgIpc) is 2.74. The Hall–Kier alpha value is -2.77. The van der Waals surface area contributed by atoms with Crippen molar-refractivity contribution in [3.05, 3.63) is 108 Å². The van der Waals surface area contributed by atoms with E-state index in [-0.39, 0.29) is 0 Å². The van der Waals surface area contributed by atoms with Gasteiger partial charge < -0.3 is 0 Å². The molecule has 0 bridgehead atoms. The van der Waals surface area contributed by atoms with Gasteiger partial charge in [-0.15, -0.1) is 0 Å². The molecule has 29 heavy (non-hydrogen) atoms. The van der Waals surface area contributed by atoms with Gasteiger partial charge in [0.1, 0.15) is 0 Å². The van der Waals surface area contributed by atoms with Crippen molar-refractivity contribution in [3.8, 4) is 22.3 Å². The van der Waals surface area contributed by atoms with Crippen LogP contribution in [0.25, 0.3) is 22.3 Å². The zero-order chi connectivity index (χ0) is 20.4. The first kappa shape index (κ1) is 19.5. The van der Waals surface area contributed by atoms with Crippen molar-refractivity contribution < 1.29 is 0 Å². The van der Waals surface area contributed by atoms with E-state index in [1.54, 1.807) is 0 Å². The van der Waals surface area contributed by atoms with E-state index >= 15 is 0 Å². The summed E-state index contributed by atoms with van der Waals surface area (Å²) in [6.07, 6.45) is 4.77. The Morgan fingerprint density at radius 1 is 0.448 bits per heavy atom. The fourth-order valence-electron chi connectivity index (χ4n) is 3.76. The number of benzene rings is 4. The molecule has 0 fully saturated rings. The van der Waals surface area contributed by atoms with Crippen LogP contribution in [-0.2, 0) is 0 Å². The minimum absolute atomic E-state index is 1.05. The van der Waals surface area contributed by atoms with E-state index in [4.69, 9.17) is 0 Å². The van der Waals surface area contributed by atoms with Gasteiger partial charge in [0.05, 0.1) is 0 Å². The predicted octanol–water partition coefficient (Wildman–Crippen LogP) is 8.12. The Balaban J connectivity index is 1.61. The molecule has 0 nitrogen and oxygen atoms in total. The van der Waals surface area contributed by atoms with Crippen molar-refractivity contribution in [1.29, 1.82) is 0 Å². The third kappa shape index (κ3) is 4.16. The van der Waals surface area contributed by atoms with E-state index in [0.29, 0.717) is 0 Å². The molecule has 0 aliphatic rings. The van der Waals surface area contributed by atoms with E-state index in [1.165, 1.54) is 43.2 Å². The topological polar surface area (TPSA) is 0 Å². The molecule has 0 aliphatic carbocycles. The number of aryl methyl sites for hydroxylation is 2. The summed E-state index contributed by atoms with van der Waals surface area (Å²) in [4.78, 5) is 2.83. The van der Waals surface area contributed by atoms with Crippen LogP contribution in [0.5, 0.6) is 0 Å². The first-order valence-electron chi connectivity index (χ1n) is 10.0. The molecule has 0 unspecified atom stereocenters. The molecule has 1 heteroatoms. The fraction of sp³-hybridized carbons (Fsp3) is 0.143. The second kappa shape index (κ2) is 7.93. The molecule has 0 aliphatic heterocycles. The van der Waals surface area contributed by atoms with Gasteiger partial charge in [-0.25, -0.2) is 0 Å². The average molecular weight is 397 g/mol. The van der Waals surface area contributed by atoms with Crippen molar-refractivity contribution in [1.82, 2.24) is 0 Å². The quantitative estimate of drug-likeness (QED) is 0.327. The largest absolute Gasteiger partial charge is 0.194 e. The van der Waals surface area contributed by atoms with Crippen LogP contribution in [0.15, 0.2) is 107 Å². The molecule has 4 aromatic carbocycles. The Bertz CT molecular complexity index is 1030. The summed E-state index contributed by atoms with van der Waals surface area (Å²) in [6, 6.07) is 35.7. The van der Waals surface area contributed by atoms with Crippen LogP contribution in [-0.4, -0.2) is 12.5 Å². The van der Waals surface area contributed by atoms with Crippen molar-refractivity contribution in [2.24, 2.45) is 0 Å². The maximum atomic E-state index is 2.39. The zero-order valence-corrected chi connectivity index (χ0v) is 18.5. The van der Waals surface area contributed by atoms with Crippen molar-refractivity contribution >= 4 is 10.0 Å². The third-order valence-corrected chi connectivity index (χ3v) is 8.49. The Labute approximate surface area is 176 Å². The standard InChI is InChI=1S/C28H28S/c1-21-7-5-9-25(19-21)23-11-15-27(16-12-23)29(3,4)28-17-13-24(14-18-28)26-10-6-8-22(2)20-26/h5-20H,1-4H3. The third-order valence-electron chi connectivity index (χ3n) is 5.59. The van der Waals surface area contributed by atoms with E-state index < -0.39 is 10.0 Å². The normalized spacial score (nSPS) is 12.0. The predicted molar refractivity (Wildman–Crippen MR) is 129 cm³/mol. The van der Waals surface area contributed by atoms with Gasteiger partial charge in [0.25, 0.3) is 0 Å². The SMILES string of the molecule is Cc1cccc(-c2ccc(S(C)(C)c3ccc(-c4cccc(C)c4)cc3)cc2)c1. The molecule has 4 aromatic rings. The van der Waals surface area contributed by atoms with Gasteiger partial charge in [0, 0.05) is 0 Å². The maximum Gasteiger partial charge on any atom is -0.00637 e. The summed E-state index contributed by atoms with van der Waals surface area (Å²) in [5.74, 6) is 0. The van der Waals surface area contributed by atoms with Crippen LogP contribution in [0.4, 0.5) is 0 Å². The minimum Gasteiger partial charge on any atom is -0.194 e. The summed E-state index contributed by atoms with van der Waals surface area (Å²) < 4.78 is 0. The van der Waals surface area contributed by atoms with Gasteiger partial charge in [-0.3, -0.25) is 0 Å². The summed E-state index contributed by atoms with van der Waals surface area (Å²) in [6.45, 7) is 4.29. The lowest BCUT2D eigenvalue weighted by molar-refractivity contribution is 1.35. The van der Waals surface area contributed by atoms with E-state index in [1.807, 2.05) is 0 Å². The van der Waals surface area contributed by atoms with E-state index in [9.17, 15) is 0 Å². The van der Waals surface area contributed by atoms with Crippen molar-refractivity contribution in [2.45, 2.75) is 23.6 Å². The summed E-state index contributed by atoms with van der Waals surface area (Å²) in [5, 5.41) is 0. The monoisotopic (exact) mass is 396 g/mol. The van der Waals surface area contributed by atoms with Crippen LogP contribution in [0.1, 0.15) is 11.1 Å². The van der Waals surface area contributed by atoms with Gasteiger partial charge in [0.15, 0.2) is 0 Å². The van der Waals surface area contributed by atoms with Crippen molar-refractivity contribution in [3.63, 3.8) is 0 Å². The highest BCUT2D eigenvalue weighted by Gasteiger charge is 2.17. The van der Waals surface area contributed by atoms with Crippen LogP contribution >= 0.6 is 10.0 Å². The Morgan fingerprint density at radius 3 is 1.17 bits per heavy atom. The molecule has 0 N–H and O–H groups in total. The van der Waals surface area contributed by atoms with Gasteiger partial charge in [0.2, 0.25) is 0 Å². The maximum absolute atomic E-state index is 2.39. The first-order valence-corrected chi connectivity index (χ1v) is 12.5. The van der Waals surface area contributed by atoms with Gasteiger partial charge in [-0.05, 0) is 82.7 Å². The molecule has 146 valence electrons. The summed E-state index contributed by atoms with van der Waals surface area (Å²) >= 11 is 0. The number of hydrogen-bond acceptors (Lipinski definition) is 0. The van der Waals surface area contributed by atoms with Gasteiger partial charge >= 0.3 is 0 Å². The molecule has 0 heterocycles. The second-order valence-corrected chi connectivity index (χ2v) is 11.7. The van der Waals surface area contributed by atoms with Crippen LogP contribution in [0.3, 0.4) is 0 Å². The zero-order valence-electron chi connectivity index (χ0n) is 17.6. The molecule has 0 saturated heterocycles. The molecular formula is C28H28S. The lowest BCUT2D eigenvalue weighted by Crippen LogP contribution is -1.97. The molecular weight excluding hydrogens is 368 g/mol. The van der Waals surface area contributed by atoms with Gasteiger partial charge in [-0.1, -0.05) is 83.9 Å². The van der Waals surface area contributed by atoms with Crippen LogP contribution < -0.4 is 0 Å². The van der Waals surface area contributed by atoms with Gasteiger partial charge in [-0.2, -0.15) is 10.0 Å². The molecule has 0 atom stereocenters. The molecule has 0 spiro atoms. The lowest BCUT2D eigenvalue weighted by atomic mass is 10.0. The second-order valence-electron chi connectivity index (χ2n) is 8.11. The minimum atomic E-state index is -1.05.